The number of carbonyl (C=O) groups is 1. The van der Waals surface area contributed by atoms with Gasteiger partial charge in [0.2, 0.25) is 5.91 Å². The predicted molar refractivity (Wildman–Crippen MR) is 107 cm³/mol. The third-order valence-electron chi connectivity index (χ3n) is 3.76. The first-order chi connectivity index (χ1) is 12.7. The molecule has 5 nitrogen and oxygen atoms in total. The maximum absolute atomic E-state index is 11.1. The van der Waals surface area contributed by atoms with Crippen molar-refractivity contribution in [1.29, 1.82) is 0 Å². The molecular formula is C21H20N4O. The highest BCUT2D eigenvalue weighted by Crippen LogP contribution is 2.13. The number of nitrogens with one attached hydrogen (secondary N) is 2. The molecule has 1 aromatic heterocycles. The van der Waals surface area contributed by atoms with Crippen molar-refractivity contribution < 1.29 is 4.79 Å². The molecule has 2 N–H and O–H groups in total. The average Bonchev–Trinajstić information content (AvgIpc) is 2.70. The molecule has 0 saturated carbocycles. The van der Waals surface area contributed by atoms with Crippen LogP contribution in [0, 0.1) is 0 Å². The van der Waals surface area contributed by atoms with E-state index in [4.69, 9.17) is 0 Å². The van der Waals surface area contributed by atoms with Gasteiger partial charge in [-0.2, -0.15) is 0 Å². The van der Waals surface area contributed by atoms with Crippen molar-refractivity contribution >= 4 is 34.8 Å². The number of aromatic nitrogens is 2. The van der Waals surface area contributed by atoms with Gasteiger partial charge in [-0.3, -0.25) is 9.78 Å². The van der Waals surface area contributed by atoms with Gasteiger partial charge >= 0.3 is 0 Å². The molecule has 0 aliphatic carbocycles. The SMILES string of the molecule is C=CC(=O)NCCNc1ccc(C=Cc2cnc3ccccc3n2)cc1. The molecule has 0 atom stereocenters. The summed E-state index contributed by atoms with van der Waals surface area (Å²) in [5.74, 6) is -0.163. The number of nitrogens with zero attached hydrogens (tertiary/aromatic N) is 2. The van der Waals surface area contributed by atoms with Crippen LogP contribution in [0.5, 0.6) is 0 Å². The highest BCUT2D eigenvalue weighted by molar-refractivity contribution is 5.86. The zero-order valence-corrected chi connectivity index (χ0v) is 14.4. The first-order valence-electron chi connectivity index (χ1n) is 8.39. The van der Waals surface area contributed by atoms with Crippen LogP contribution in [0.4, 0.5) is 5.69 Å². The topological polar surface area (TPSA) is 66.9 Å². The van der Waals surface area contributed by atoms with Crippen molar-refractivity contribution in [2.75, 3.05) is 18.4 Å². The Kier molecular flexibility index (Phi) is 5.72. The second-order valence-electron chi connectivity index (χ2n) is 5.66. The van der Waals surface area contributed by atoms with E-state index < -0.39 is 0 Å². The molecule has 3 aromatic rings. The zero-order chi connectivity index (χ0) is 18.2. The van der Waals surface area contributed by atoms with E-state index in [1.165, 1.54) is 6.08 Å². The molecule has 1 heterocycles. The monoisotopic (exact) mass is 344 g/mol. The summed E-state index contributed by atoms with van der Waals surface area (Å²) in [6.45, 7) is 4.62. The molecule has 0 radical (unpaired) electrons. The van der Waals surface area contributed by atoms with Gasteiger partial charge in [0, 0.05) is 18.8 Å². The number of amides is 1. The lowest BCUT2D eigenvalue weighted by molar-refractivity contribution is -0.116. The molecule has 0 spiro atoms. The minimum absolute atomic E-state index is 0.163. The Bertz CT molecular complexity index is 932. The number of hydrogen-bond donors (Lipinski definition) is 2. The number of benzene rings is 2. The van der Waals surface area contributed by atoms with E-state index in [2.05, 4.69) is 27.2 Å². The fourth-order valence-electron chi connectivity index (χ4n) is 2.41. The molecule has 0 saturated heterocycles. The number of carbonyl (C=O) groups excluding carboxylic acids is 1. The lowest BCUT2D eigenvalue weighted by Crippen LogP contribution is -2.26. The van der Waals surface area contributed by atoms with Crippen molar-refractivity contribution in [3.8, 4) is 0 Å². The molecule has 0 fully saturated rings. The van der Waals surface area contributed by atoms with Crippen LogP contribution in [0.25, 0.3) is 23.2 Å². The second kappa shape index (κ2) is 8.58. The summed E-state index contributed by atoms with van der Waals surface area (Å²) in [4.78, 5) is 20.0. The van der Waals surface area contributed by atoms with E-state index in [0.717, 1.165) is 28.0 Å². The Hall–Kier alpha value is -3.47. The summed E-state index contributed by atoms with van der Waals surface area (Å²) >= 11 is 0. The van der Waals surface area contributed by atoms with Crippen LogP contribution < -0.4 is 10.6 Å². The third kappa shape index (κ3) is 4.77. The smallest absolute Gasteiger partial charge is 0.243 e. The van der Waals surface area contributed by atoms with Crippen molar-refractivity contribution in [3.05, 3.63) is 78.6 Å². The Morgan fingerprint density at radius 3 is 2.54 bits per heavy atom. The van der Waals surface area contributed by atoms with Crippen molar-refractivity contribution in [2.24, 2.45) is 0 Å². The van der Waals surface area contributed by atoms with Crippen LogP contribution in [0.15, 0.2) is 67.4 Å². The summed E-state index contributed by atoms with van der Waals surface area (Å²) in [6, 6.07) is 15.9. The molecule has 0 aliphatic heterocycles. The van der Waals surface area contributed by atoms with E-state index in [-0.39, 0.29) is 5.91 Å². The van der Waals surface area contributed by atoms with Crippen molar-refractivity contribution in [2.45, 2.75) is 0 Å². The lowest BCUT2D eigenvalue weighted by Gasteiger charge is -2.07. The second-order valence-corrected chi connectivity index (χ2v) is 5.66. The van der Waals surface area contributed by atoms with Crippen LogP contribution in [0.1, 0.15) is 11.3 Å². The highest BCUT2D eigenvalue weighted by atomic mass is 16.1. The molecule has 1 amide bonds. The van der Waals surface area contributed by atoms with Crippen LogP contribution in [0.3, 0.4) is 0 Å². The molecule has 26 heavy (non-hydrogen) atoms. The van der Waals surface area contributed by atoms with Crippen LogP contribution >= 0.6 is 0 Å². The Morgan fingerprint density at radius 2 is 1.77 bits per heavy atom. The fourth-order valence-corrected chi connectivity index (χ4v) is 2.41. The third-order valence-corrected chi connectivity index (χ3v) is 3.76. The molecule has 130 valence electrons. The van der Waals surface area contributed by atoms with Gasteiger partial charge in [0.15, 0.2) is 0 Å². The summed E-state index contributed by atoms with van der Waals surface area (Å²) in [7, 11) is 0. The zero-order valence-electron chi connectivity index (χ0n) is 14.4. The molecular weight excluding hydrogens is 324 g/mol. The minimum Gasteiger partial charge on any atom is -0.383 e. The molecule has 0 unspecified atom stereocenters. The molecule has 3 rings (SSSR count). The number of para-hydroxylation sites is 2. The van der Waals surface area contributed by atoms with Crippen LogP contribution in [-0.4, -0.2) is 29.0 Å². The largest absolute Gasteiger partial charge is 0.383 e. The van der Waals surface area contributed by atoms with Gasteiger partial charge in [0.25, 0.3) is 0 Å². The minimum atomic E-state index is -0.163. The van der Waals surface area contributed by atoms with Crippen LogP contribution in [0.2, 0.25) is 0 Å². The number of rotatable bonds is 7. The average molecular weight is 344 g/mol. The maximum atomic E-state index is 11.1. The van der Waals surface area contributed by atoms with Gasteiger partial charge < -0.3 is 10.6 Å². The first kappa shape index (κ1) is 17.4. The predicted octanol–water partition coefficient (Wildman–Crippen LogP) is 3.51. The standard InChI is InChI=1S/C21H20N4O/c1-2-21(26)23-14-13-22-17-10-7-16(8-11-17)9-12-18-15-24-19-5-3-4-6-20(19)25-18/h2-12,15,22H,1,13-14H2,(H,23,26). The Morgan fingerprint density at radius 1 is 1.00 bits per heavy atom. The molecule has 5 heteroatoms. The number of fused-ring (bicyclic) bond motifs is 1. The van der Waals surface area contributed by atoms with Gasteiger partial charge in [0.05, 0.1) is 22.9 Å². The normalized spacial score (nSPS) is 10.8. The van der Waals surface area contributed by atoms with E-state index in [0.29, 0.717) is 13.1 Å². The van der Waals surface area contributed by atoms with Gasteiger partial charge in [0.1, 0.15) is 0 Å². The van der Waals surface area contributed by atoms with Crippen molar-refractivity contribution in [1.82, 2.24) is 15.3 Å². The number of anilines is 1. The van der Waals surface area contributed by atoms with E-state index in [9.17, 15) is 4.79 Å². The van der Waals surface area contributed by atoms with Gasteiger partial charge in [-0.25, -0.2) is 4.98 Å². The quantitative estimate of drug-likeness (QED) is 0.508. The van der Waals surface area contributed by atoms with E-state index >= 15 is 0 Å². The van der Waals surface area contributed by atoms with E-state index in [1.807, 2.05) is 60.7 Å². The van der Waals surface area contributed by atoms with Crippen LogP contribution in [-0.2, 0) is 4.79 Å². The number of hydrogen-bond acceptors (Lipinski definition) is 4. The molecule has 2 aromatic carbocycles. The highest BCUT2D eigenvalue weighted by Gasteiger charge is 1.97. The summed E-state index contributed by atoms with van der Waals surface area (Å²) in [5.41, 5.74) is 4.68. The van der Waals surface area contributed by atoms with E-state index in [1.54, 1.807) is 6.20 Å². The molecule has 0 aliphatic rings. The first-order valence-corrected chi connectivity index (χ1v) is 8.39. The Balaban J connectivity index is 1.56. The Labute approximate surface area is 152 Å². The summed E-state index contributed by atoms with van der Waals surface area (Å²) < 4.78 is 0. The fraction of sp³-hybridized carbons (Fsp3) is 0.0952. The van der Waals surface area contributed by atoms with Crippen molar-refractivity contribution in [3.63, 3.8) is 0 Å². The summed E-state index contributed by atoms with van der Waals surface area (Å²) in [5, 5.41) is 5.97. The summed E-state index contributed by atoms with van der Waals surface area (Å²) in [6.07, 6.45) is 6.99. The van der Waals surface area contributed by atoms with Gasteiger partial charge in [-0.05, 0) is 42.0 Å². The van der Waals surface area contributed by atoms with Gasteiger partial charge in [-0.15, -0.1) is 0 Å². The lowest BCUT2D eigenvalue weighted by atomic mass is 10.2. The maximum Gasteiger partial charge on any atom is 0.243 e. The van der Waals surface area contributed by atoms with Gasteiger partial charge in [-0.1, -0.05) is 36.9 Å². The molecule has 0 bridgehead atoms.